The Morgan fingerprint density at radius 3 is 2.44 bits per heavy atom. The van der Waals surface area contributed by atoms with Gasteiger partial charge in [0, 0.05) is 5.69 Å². The smallest absolute Gasteiger partial charge is 0.250 e. The summed E-state index contributed by atoms with van der Waals surface area (Å²) in [4.78, 5) is 14.2. The number of benzene rings is 2. The lowest BCUT2D eigenvalue weighted by Crippen LogP contribution is -2.34. The van der Waals surface area contributed by atoms with Crippen molar-refractivity contribution in [1.82, 2.24) is 5.32 Å². The first-order chi connectivity index (χ1) is 8.86. The van der Waals surface area contributed by atoms with Crippen molar-refractivity contribution in [2.75, 3.05) is 4.90 Å². The molecule has 0 aliphatic carbocycles. The van der Waals surface area contributed by atoms with Crippen molar-refractivity contribution in [2.24, 2.45) is 0 Å². The van der Waals surface area contributed by atoms with Gasteiger partial charge in [0.15, 0.2) is 0 Å². The van der Waals surface area contributed by atoms with E-state index in [0.29, 0.717) is 0 Å². The summed E-state index contributed by atoms with van der Waals surface area (Å²) in [6, 6.07) is 18.1. The van der Waals surface area contributed by atoms with Crippen molar-refractivity contribution < 1.29 is 4.79 Å². The van der Waals surface area contributed by atoms with Gasteiger partial charge in [-0.1, -0.05) is 36.4 Å². The monoisotopic (exact) mass is 236 g/mol. The largest absolute Gasteiger partial charge is 0.295 e. The number of carbonyl (C=O) groups is 1. The molecular formula is C15H12N2O. The van der Waals surface area contributed by atoms with Crippen LogP contribution in [0.4, 0.5) is 11.4 Å². The zero-order valence-electron chi connectivity index (χ0n) is 9.71. The van der Waals surface area contributed by atoms with Crippen LogP contribution in [-0.2, 0) is 4.79 Å². The molecule has 2 aliphatic heterocycles. The van der Waals surface area contributed by atoms with E-state index >= 15 is 0 Å². The first kappa shape index (κ1) is 9.85. The third-order valence-corrected chi connectivity index (χ3v) is 3.60. The van der Waals surface area contributed by atoms with E-state index in [1.807, 2.05) is 53.4 Å². The Balaban J connectivity index is 1.91. The molecule has 18 heavy (non-hydrogen) atoms. The number of nitrogens with zero attached hydrogens (tertiary/aromatic N) is 1. The van der Waals surface area contributed by atoms with E-state index in [9.17, 15) is 4.79 Å². The average Bonchev–Trinajstić information content (AvgIpc) is 3.21. The third kappa shape index (κ3) is 1.25. The highest BCUT2D eigenvalue weighted by molar-refractivity contribution is 6.08. The fraction of sp³-hybridized carbons (Fsp3) is 0.133. The molecule has 2 aromatic rings. The second-order valence-electron chi connectivity index (χ2n) is 4.69. The number of hydrogen-bond donors (Lipinski definition) is 1. The van der Waals surface area contributed by atoms with Crippen LogP contribution in [0.3, 0.4) is 0 Å². The van der Waals surface area contributed by atoms with E-state index in [1.54, 1.807) is 0 Å². The van der Waals surface area contributed by atoms with Crippen LogP contribution in [0.1, 0.15) is 11.6 Å². The Labute approximate surface area is 105 Å². The minimum Gasteiger partial charge on any atom is -0.295 e. The first-order valence-electron chi connectivity index (χ1n) is 6.10. The molecule has 3 heteroatoms. The summed E-state index contributed by atoms with van der Waals surface area (Å²) in [7, 11) is 0. The lowest BCUT2D eigenvalue weighted by atomic mass is 10.0. The molecule has 2 aliphatic rings. The van der Waals surface area contributed by atoms with Gasteiger partial charge in [-0.25, -0.2) is 0 Å². The molecule has 1 amide bonds. The summed E-state index contributed by atoms with van der Waals surface area (Å²) >= 11 is 0. The minimum atomic E-state index is -0.0416. The van der Waals surface area contributed by atoms with Gasteiger partial charge in [-0.3, -0.25) is 15.0 Å². The molecule has 0 saturated carbocycles. The zero-order valence-corrected chi connectivity index (χ0v) is 9.71. The number of para-hydroxylation sites is 2. The molecule has 88 valence electrons. The van der Waals surface area contributed by atoms with Gasteiger partial charge in [0.2, 0.25) is 0 Å². The predicted octanol–water partition coefficient (Wildman–Crippen LogP) is 2.38. The molecular weight excluding hydrogens is 224 g/mol. The average molecular weight is 236 g/mol. The van der Waals surface area contributed by atoms with Gasteiger partial charge in [0.1, 0.15) is 6.04 Å². The van der Waals surface area contributed by atoms with Crippen LogP contribution in [-0.4, -0.2) is 11.9 Å². The van der Waals surface area contributed by atoms with Crippen LogP contribution in [0.15, 0.2) is 54.6 Å². The molecule has 1 N–H and O–H groups in total. The van der Waals surface area contributed by atoms with Gasteiger partial charge in [-0.2, -0.15) is 0 Å². The van der Waals surface area contributed by atoms with E-state index in [-0.39, 0.29) is 18.0 Å². The van der Waals surface area contributed by atoms with E-state index in [0.717, 1.165) is 11.4 Å². The highest BCUT2D eigenvalue weighted by atomic mass is 16.2. The predicted molar refractivity (Wildman–Crippen MR) is 69.7 cm³/mol. The number of hydrogen-bond acceptors (Lipinski definition) is 2. The summed E-state index contributed by atoms with van der Waals surface area (Å²) < 4.78 is 0. The SMILES string of the molecule is O=C1C2NC2c2ccccc2N1c1ccccc1. The van der Waals surface area contributed by atoms with E-state index in [1.165, 1.54) is 5.56 Å². The second-order valence-corrected chi connectivity index (χ2v) is 4.69. The van der Waals surface area contributed by atoms with Gasteiger partial charge >= 0.3 is 0 Å². The van der Waals surface area contributed by atoms with Crippen LogP contribution in [0.5, 0.6) is 0 Å². The Bertz CT molecular complexity index is 623. The van der Waals surface area contributed by atoms with E-state index in [4.69, 9.17) is 0 Å². The molecule has 2 heterocycles. The molecule has 0 bridgehead atoms. The lowest BCUT2D eigenvalue weighted by Gasteiger charge is -2.28. The standard InChI is InChI=1S/C15H12N2O/c18-15-14-13(16-14)11-8-4-5-9-12(11)17(15)10-6-2-1-3-7-10/h1-9,13-14,16H. The van der Waals surface area contributed by atoms with Crippen molar-refractivity contribution in [2.45, 2.75) is 12.1 Å². The Morgan fingerprint density at radius 1 is 0.889 bits per heavy atom. The number of nitrogens with one attached hydrogen (secondary N) is 1. The van der Waals surface area contributed by atoms with Crippen LogP contribution < -0.4 is 10.2 Å². The second kappa shape index (κ2) is 3.43. The fourth-order valence-corrected chi connectivity index (χ4v) is 2.68. The zero-order chi connectivity index (χ0) is 12.1. The summed E-state index contributed by atoms with van der Waals surface area (Å²) in [6.45, 7) is 0. The van der Waals surface area contributed by atoms with Crippen molar-refractivity contribution in [3.05, 3.63) is 60.2 Å². The highest BCUT2D eigenvalue weighted by Crippen LogP contribution is 2.45. The Hall–Kier alpha value is -2.13. The van der Waals surface area contributed by atoms with Crippen molar-refractivity contribution >= 4 is 17.3 Å². The molecule has 4 rings (SSSR count). The Kier molecular flexibility index (Phi) is 1.88. The van der Waals surface area contributed by atoms with Crippen LogP contribution in [0, 0.1) is 0 Å². The topological polar surface area (TPSA) is 42.3 Å². The first-order valence-corrected chi connectivity index (χ1v) is 6.10. The number of carbonyl (C=O) groups excluding carboxylic acids is 1. The highest BCUT2D eigenvalue weighted by Gasteiger charge is 2.51. The molecule has 0 spiro atoms. The normalized spacial score (nSPS) is 24.4. The summed E-state index contributed by atoms with van der Waals surface area (Å²) in [5, 5.41) is 3.25. The fourth-order valence-electron chi connectivity index (χ4n) is 2.68. The van der Waals surface area contributed by atoms with Crippen LogP contribution >= 0.6 is 0 Å². The van der Waals surface area contributed by atoms with E-state index < -0.39 is 0 Å². The van der Waals surface area contributed by atoms with Gasteiger partial charge < -0.3 is 0 Å². The van der Waals surface area contributed by atoms with Gasteiger partial charge in [0.05, 0.1) is 11.7 Å². The van der Waals surface area contributed by atoms with Gasteiger partial charge in [-0.05, 0) is 23.8 Å². The molecule has 2 aromatic carbocycles. The van der Waals surface area contributed by atoms with Gasteiger partial charge in [0.25, 0.3) is 5.91 Å². The van der Waals surface area contributed by atoms with Crippen molar-refractivity contribution in [1.29, 1.82) is 0 Å². The number of fused-ring (bicyclic) bond motifs is 3. The maximum atomic E-state index is 12.4. The molecule has 1 fully saturated rings. The maximum Gasteiger partial charge on any atom is 0.250 e. The third-order valence-electron chi connectivity index (χ3n) is 3.60. The number of rotatable bonds is 1. The maximum absolute atomic E-state index is 12.4. The lowest BCUT2D eigenvalue weighted by molar-refractivity contribution is -0.117. The van der Waals surface area contributed by atoms with Gasteiger partial charge in [-0.15, -0.1) is 0 Å². The quantitative estimate of drug-likeness (QED) is 0.772. The summed E-state index contributed by atoms with van der Waals surface area (Å²) in [5.74, 6) is 0.143. The summed E-state index contributed by atoms with van der Waals surface area (Å²) in [6.07, 6.45) is 0. The summed E-state index contributed by atoms with van der Waals surface area (Å²) in [5.41, 5.74) is 3.15. The molecule has 0 radical (unpaired) electrons. The van der Waals surface area contributed by atoms with Crippen molar-refractivity contribution in [3.63, 3.8) is 0 Å². The van der Waals surface area contributed by atoms with E-state index in [2.05, 4.69) is 11.4 Å². The number of amides is 1. The number of anilines is 2. The van der Waals surface area contributed by atoms with Crippen molar-refractivity contribution in [3.8, 4) is 0 Å². The molecule has 2 atom stereocenters. The molecule has 0 aromatic heterocycles. The van der Waals surface area contributed by atoms with Crippen LogP contribution in [0.25, 0.3) is 0 Å². The van der Waals surface area contributed by atoms with Crippen LogP contribution in [0.2, 0.25) is 0 Å². The minimum absolute atomic E-state index is 0.0416. The molecule has 3 nitrogen and oxygen atoms in total. The Morgan fingerprint density at radius 2 is 1.61 bits per heavy atom. The molecule has 1 saturated heterocycles. The molecule has 2 unspecified atom stereocenters.